The molecule has 2 rings (SSSR count). The molecule has 1 heterocycles. The first kappa shape index (κ1) is 25.1. The van der Waals surface area contributed by atoms with Crippen LogP contribution in [-0.4, -0.2) is 65.9 Å². The van der Waals surface area contributed by atoms with Crippen LogP contribution in [0.25, 0.3) is 0 Å². The number of amides is 1. The Kier molecular flexibility index (Phi) is 9.23. The number of likely N-dealkylation sites (N-methyl/N-ethyl adjacent to an activating group) is 1. The lowest BCUT2D eigenvalue weighted by molar-refractivity contribution is -0.137. The van der Waals surface area contributed by atoms with E-state index in [1.54, 1.807) is 17.0 Å². The van der Waals surface area contributed by atoms with Gasteiger partial charge in [-0.05, 0) is 23.6 Å². The maximum atomic E-state index is 12.7. The number of nitrogens with one attached hydrogen (secondary N) is 1. The zero-order valence-electron chi connectivity index (χ0n) is 17.2. The van der Waals surface area contributed by atoms with Gasteiger partial charge in [0.1, 0.15) is 11.9 Å². The topological polar surface area (TPSA) is 94.9 Å². The van der Waals surface area contributed by atoms with E-state index in [2.05, 4.69) is 10.3 Å². The van der Waals surface area contributed by atoms with Crippen molar-refractivity contribution in [3.05, 3.63) is 45.9 Å². The molecule has 0 saturated carbocycles. The second-order valence-electron chi connectivity index (χ2n) is 7.01. The van der Waals surface area contributed by atoms with Crippen LogP contribution in [0.5, 0.6) is 5.75 Å². The number of hydrogen-bond acceptors (Lipinski definition) is 7. The Morgan fingerprint density at radius 1 is 1.29 bits per heavy atom. The van der Waals surface area contributed by atoms with Gasteiger partial charge in [-0.1, -0.05) is 19.1 Å². The summed E-state index contributed by atoms with van der Waals surface area (Å²) in [6.45, 7) is 2.48. The summed E-state index contributed by atoms with van der Waals surface area (Å²) in [5.41, 5.74) is 0.934. The third kappa shape index (κ3) is 7.76. The van der Waals surface area contributed by atoms with Gasteiger partial charge in [-0.3, -0.25) is 9.69 Å². The minimum absolute atomic E-state index is 0.00732. The van der Waals surface area contributed by atoms with Crippen LogP contribution in [0.2, 0.25) is 0 Å². The van der Waals surface area contributed by atoms with Crippen molar-refractivity contribution in [2.24, 2.45) is 0 Å². The number of alkyl halides is 3. The highest BCUT2D eigenvalue weighted by Crippen LogP contribution is 2.33. The number of carbonyl (C=O) groups is 1. The minimum Gasteiger partial charge on any atom is -0.484 e. The molecule has 31 heavy (non-hydrogen) atoms. The molecule has 3 N–H and O–H groups in total. The van der Waals surface area contributed by atoms with E-state index in [1.807, 2.05) is 19.1 Å². The highest BCUT2D eigenvalue weighted by molar-refractivity contribution is 7.09. The SMILES string of the molecule is CNC(=O)COc1ccc(C(C)CN(CCO)CC(O)c2csc(C(F)(F)F)n2)cc1. The second kappa shape index (κ2) is 11.4. The molecule has 0 aliphatic heterocycles. The molecular weight excluding hydrogens is 435 g/mol. The van der Waals surface area contributed by atoms with E-state index < -0.39 is 17.3 Å². The Bertz CT molecular complexity index is 830. The number of halogens is 3. The highest BCUT2D eigenvalue weighted by atomic mass is 32.1. The molecule has 0 bridgehead atoms. The van der Waals surface area contributed by atoms with E-state index >= 15 is 0 Å². The molecule has 172 valence electrons. The van der Waals surface area contributed by atoms with Crippen LogP contribution in [0.15, 0.2) is 29.6 Å². The number of carbonyl (C=O) groups excluding carboxylic acids is 1. The molecule has 7 nitrogen and oxygen atoms in total. The fourth-order valence-corrected chi connectivity index (χ4v) is 3.65. The molecule has 2 atom stereocenters. The van der Waals surface area contributed by atoms with Crippen LogP contribution in [0.4, 0.5) is 13.2 Å². The zero-order valence-corrected chi connectivity index (χ0v) is 18.0. The second-order valence-corrected chi connectivity index (χ2v) is 7.86. The van der Waals surface area contributed by atoms with Crippen molar-refractivity contribution >= 4 is 17.2 Å². The van der Waals surface area contributed by atoms with Crippen molar-refractivity contribution < 1.29 is 32.9 Å². The predicted octanol–water partition coefficient (Wildman–Crippen LogP) is 2.42. The van der Waals surface area contributed by atoms with Gasteiger partial charge in [0, 0.05) is 32.1 Å². The lowest BCUT2D eigenvalue weighted by Gasteiger charge is -2.27. The molecule has 2 aromatic rings. The summed E-state index contributed by atoms with van der Waals surface area (Å²) in [5.74, 6) is 0.317. The van der Waals surface area contributed by atoms with E-state index in [9.17, 15) is 28.2 Å². The molecule has 0 aliphatic carbocycles. The molecule has 11 heteroatoms. The van der Waals surface area contributed by atoms with Gasteiger partial charge in [-0.15, -0.1) is 11.3 Å². The molecule has 2 unspecified atom stereocenters. The van der Waals surface area contributed by atoms with E-state index in [0.717, 1.165) is 5.56 Å². The Morgan fingerprint density at radius 2 is 1.97 bits per heavy atom. The van der Waals surface area contributed by atoms with E-state index in [0.29, 0.717) is 23.6 Å². The number of ether oxygens (including phenoxy) is 1. The largest absolute Gasteiger partial charge is 0.484 e. The first-order valence-electron chi connectivity index (χ1n) is 9.61. The van der Waals surface area contributed by atoms with Crippen LogP contribution < -0.4 is 10.1 Å². The summed E-state index contributed by atoms with van der Waals surface area (Å²) in [7, 11) is 1.52. The van der Waals surface area contributed by atoms with Crippen LogP contribution in [0.1, 0.15) is 35.2 Å². The van der Waals surface area contributed by atoms with Gasteiger partial charge in [0.2, 0.25) is 0 Å². The molecule has 0 saturated heterocycles. The van der Waals surface area contributed by atoms with Gasteiger partial charge in [0.25, 0.3) is 5.91 Å². The number of nitrogens with zero attached hydrogens (tertiary/aromatic N) is 2. The van der Waals surface area contributed by atoms with E-state index in [-0.39, 0.29) is 43.8 Å². The van der Waals surface area contributed by atoms with Gasteiger partial charge in [-0.2, -0.15) is 13.2 Å². The minimum atomic E-state index is -4.54. The van der Waals surface area contributed by atoms with Crippen molar-refractivity contribution in [2.75, 3.05) is 39.9 Å². The Labute approximate surface area is 182 Å². The summed E-state index contributed by atoms with van der Waals surface area (Å²) in [6.07, 6.45) is -5.75. The van der Waals surface area contributed by atoms with Crippen LogP contribution in [0, 0.1) is 0 Å². The fourth-order valence-electron chi connectivity index (χ4n) is 2.91. The molecule has 1 aromatic heterocycles. The van der Waals surface area contributed by atoms with Gasteiger partial charge in [0.15, 0.2) is 11.6 Å². The summed E-state index contributed by atoms with van der Waals surface area (Å²) in [5, 5.41) is 22.4. The molecule has 0 spiro atoms. The first-order chi connectivity index (χ1) is 14.6. The molecule has 1 amide bonds. The van der Waals surface area contributed by atoms with Crippen molar-refractivity contribution in [3.8, 4) is 5.75 Å². The quantitative estimate of drug-likeness (QED) is 0.476. The van der Waals surface area contributed by atoms with Crippen LogP contribution in [-0.2, 0) is 11.0 Å². The van der Waals surface area contributed by atoms with E-state index in [1.165, 1.54) is 12.4 Å². The predicted molar refractivity (Wildman–Crippen MR) is 110 cm³/mol. The smallest absolute Gasteiger partial charge is 0.443 e. The summed E-state index contributed by atoms with van der Waals surface area (Å²) < 4.78 is 43.6. The number of aliphatic hydroxyl groups is 2. The first-order valence-corrected chi connectivity index (χ1v) is 10.5. The molecule has 1 aromatic carbocycles. The van der Waals surface area contributed by atoms with Crippen molar-refractivity contribution in [3.63, 3.8) is 0 Å². The number of aliphatic hydroxyl groups excluding tert-OH is 2. The van der Waals surface area contributed by atoms with Crippen molar-refractivity contribution in [1.29, 1.82) is 0 Å². The lowest BCUT2D eigenvalue weighted by Crippen LogP contribution is -2.34. The van der Waals surface area contributed by atoms with E-state index in [4.69, 9.17) is 4.74 Å². The number of benzene rings is 1. The van der Waals surface area contributed by atoms with Gasteiger partial charge >= 0.3 is 6.18 Å². The van der Waals surface area contributed by atoms with Crippen molar-refractivity contribution in [1.82, 2.24) is 15.2 Å². The third-order valence-electron chi connectivity index (χ3n) is 4.58. The molecular formula is C20H26F3N3O4S. The third-order valence-corrected chi connectivity index (χ3v) is 5.49. The molecule has 0 radical (unpaired) electrons. The normalized spacial score (nSPS) is 13.8. The lowest BCUT2D eigenvalue weighted by atomic mass is 10.00. The highest BCUT2D eigenvalue weighted by Gasteiger charge is 2.35. The Hall–Kier alpha value is -2.21. The monoisotopic (exact) mass is 461 g/mol. The number of hydrogen-bond donors (Lipinski definition) is 3. The summed E-state index contributed by atoms with van der Waals surface area (Å²) in [4.78, 5) is 16.5. The van der Waals surface area contributed by atoms with Crippen LogP contribution >= 0.6 is 11.3 Å². The van der Waals surface area contributed by atoms with Gasteiger partial charge in [-0.25, -0.2) is 4.98 Å². The average molecular weight is 462 g/mol. The fraction of sp³-hybridized carbons (Fsp3) is 0.500. The Morgan fingerprint density at radius 3 is 2.52 bits per heavy atom. The van der Waals surface area contributed by atoms with Crippen molar-refractivity contribution in [2.45, 2.75) is 25.1 Å². The van der Waals surface area contributed by atoms with Gasteiger partial charge < -0.3 is 20.3 Å². The van der Waals surface area contributed by atoms with Gasteiger partial charge in [0.05, 0.1) is 12.3 Å². The van der Waals surface area contributed by atoms with Crippen LogP contribution in [0.3, 0.4) is 0 Å². The summed E-state index contributed by atoms with van der Waals surface area (Å²) >= 11 is 0.444. The zero-order chi connectivity index (χ0) is 23.0. The summed E-state index contributed by atoms with van der Waals surface area (Å²) in [6, 6.07) is 7.20. The number of aromatic nitrogens is 1. The maximum absolute atomic E-state index is 12.7. The number of rotatable bonds is 11. The molecule has 0 aliphatic rings. The molecule has 0 fully saturated rings. The maximum Gasteiger partial charge on any atom is 0.443 e. The Balaban J connectivity index is 1.97. The standard InChI is InChI=1S/C20H26F3N3O4S/c1-13(14-3-5-15(6-4-14)30-11-18(29)24-2)9-26(7-8-27)10-17(28)16-12-31-19(25-16)20(21,22)23/h3-6,12-13,17,27-28H,7-11H2,1-2H3,(H,24,29). The number of thiazole rings is 1. The average Bonchev–Trinajstić information content (AvgIpc) is 3.23.